The van der Waals surface area contributed by atoms with E-state index in [1.807, 2.05) is 12.1 Å². The summed E-state index contributed by atoms with van der Waals surface area (Å²) in [6.07, 6.45) is 7.42. The van der Waals surface area contributed by atoms with Crippen LogP contribution in [0, 0.1) is 11.2 Å². The van der Waals surface area contributed by atoms with E-state index in [0.717, 1.165) is 43.2 Å². The molecule has 4 rings (SSSR count). The Hall–Kier alpha value is -1.19. The molecule has 1 aromatic rings. The molecule has 22 heavy (non-hydrogen) atoms. The van der Waals surface area contributed by atoms with E-state index in [9.17, 15) is 4.39 Å². The van der Waals surface area contributed by atoms with Crippen molar-refractivity contribution in [3.05, 3.63) is 41.7 Å². The molecule has 1 atom stereocenters. The van der Waals surface area contributed by atoms with Gasteiger partial charge in [-0.15, -0.1) is 0 Å². The fraction of sp³-hybridized carbons (Fsp3) is 0.579. The Morgan fingerprint density at radius 2 is 1.77 bits per heavy atom. The monoisotopic (exact) mass is 302 g/mol. The van der Waals surface area contributed by atoms with Gasteiger partial charge in [0.15, 0.2) is 5.79 Å². The number of allylic oxidation sites excluding steroid dienone is 1. The Kier molecular flexibility index (Phi) is 3.05. The molecule has 1 aliphatic heterocycles. The second-order valence-corrected chi connectivity index (χ2v) is 7.54. The minimum Gasteiger partial charge on any atom is -0.345 e. The van der Waals surface area contributed by atoms with Crippen LogP contribution >= 0.6 is 0 Å². The van der Waals surface area contributed by atoms with Crippen molar-refractivity contribution in [1.29, 1.82) is 0 Å². The fourth-order valence-corrected chi connectivity index (χ4v) is 3.90. The smallest absolute Gasteiger partial charge is 0.195 e. The summed E-state index contributed by atoms with van der Waals surface area (Å²) < 4.78 is 26.2. The summed E-state index contributed by atoms with van der Waals surface area (Å²) in [6, 6.07) is 6.69. The molecule has 0 amide bonds. The molecule has 118 valence electrons. The van der Waals surface area contributed by atoms with E-state index in [-0.39, 0.29) is 16.8 Å². The molecule has 2 spiro atoms. The van der Waals surface area contributed by atoms with Crippen molar-refractivity contribution >= 4 is 5.57 Å². The summed E-state index contributed by atoms with van der Waals surface area (Å²) >= 11 is 0. The first-order chi connectivity index (χ1) is 10.5. The molecule has 0 bridgehead atoms. The zero-order chi connectivity index (χ0) is 15.4. The number of hydrogen-bond acceptors (Lipinski definition) is 2. The maximum atomic E-state index is 13.2. The first kappa shape index (κ1) is 14.4. The standard InChI is InChI=1S/C19H23FO2/c1-17(2)13-21-19(22-18(17)11-12-18)10-4-3-5-16(19)14-6-8-15(20)9-7-14/h5-9H,3-4,10-13H2,1-2H3. The predicted octanol–water partition coefficient (Wildman–Crippen LogP) is 4.69. The van der Waals surface area contributed by atoms with E-state index in [1.165, 1.54) is 12.1 Å². The highest BCUT2D eigenvalue weighted by molar-refractivity contribution is 5.72. The van der Waals surface area contributed by atoms with Crippen molar-refractivity contribution in [1.82, 2.24) is 0 Å². The minimum absolute atomic E-state index is 0.0400. The first-order valence-corrected chi connectivity index (χ1v) is 8.27. The van der Waals surface area contributed by atoms with Gasteiger partial charge in [0.05, 0.1) is 12.2 Å². The Labute approximate surface area is 131 Å². The minimum atomic E-state index is -0.637. The number of rotatable bonds is 1. The number of halogens is 1. The van der Waals surface area contributed by atoms with Crippen LogP contribution in [0.5, 0.6) is 0 Å². The zero-order valence-electron chi connectivity index (χ0n) is 13.3. The van der Waals surface area contributed by atoms with E-state index in [4.69, 9.17) is 9.47 Å². The van der Waals surface area contributed by atoms with Crippen LogP contribution in [0.2, 0.25) is 0 Å². The molecule has 0 radical (unpaired) electrons. The van der Waals surface area contributed by atoms with Crippen molar-refractivity contribution in [2.75, 3.05) is 6.61 Å². The summed E-state index contributed by atoms with van der Waals surface area (Å²) in [5.74, 6) is -0.846. The van der Waals surface area contributed by atoms with Gasteiger partial charge in [0, 0.05) is 17.4 Å². The first-order valence-electron chi connectivity index (χ1n) is 8.27. The lowest BCUT2D eigenvalue weighted by Gasteiger charge is -2.51. The number of ether oxygens (including phenoxy) is 2. The van der Waals surface area contributed by atoms with Crippen LogP contribution in [0.25, 0.3) is 5.57 Å². The van der Waals surface area contributed by atoms with Crippen LogP contribution in [0.1, 0.15) is 51.5 Å². The molecule has 1 heterocycles. The predicted molar refractivity (Wildman–Crippen MR) is 83.7 cm³/mol. The molecular formula is C19H23FO2. The summed E-state index contributed by atoms with van der Waals surface area (Å²) in [4.78, 5) is 0. The maximum Gasteiger partial charge on any atom is 0.195 e. The molecule has 0 N–H and O–H groups in total. The van der Waals surface area contributed by atoms with E-state index >= 15 is 0 Å². The fourth-order valence-electron chi connectivity index (χ4n) is 3.90. The van der Waals surface area contributed by atoms with Crippen molar-refractivity contribution in [2.24, 2.45) is 5.41 Å². The third kappa shape index (κ3) is 2.06. The van der Waals surface area contributed by atoms with Gasteiger partial charge in [-0.3, -0.25) is 0 Å². The quantitative estimate of drug-likeness (QED) is 0.749. The van der Waals surface area contributed by atoms with Crippen molar-refractivity contribution in [2.45, 2.75) is 57.3 Å². The van der Waals surface area contributed by atoms with Crippen LogP contribution in [0.4, 0.5) is 4.39 Å². The van der Waals surface area contributed by atoms with Crippen LogP contribution < -0.4 is 0 Å². The van der Waals surface area contributed by atoms with Gasteiger partial charge in [-0.25, -0.2) is 4.39 Å². The van der Waals surface area contributed by atoms with E-state index < -0.39 is 5.79 Å². The van der Waals surface area contributed by atoms with Gasteiger partial charge in [-0.05, 0) is 43.4 Å². The Bertz CT molecular complexity index is 613. The van der Waals surface area contributed by atoms with Gasteiger partial charge in [0.25, 0.3) is 0 Å². The van der Waals surface area contributed by atoms with Crippen LogP contribution in [-0.2, 0) is 9.47 Å². The largest absolute Gasteiger partial charge is 0.345 e. The lowest BCUT2D eigenvalue weighted by molar-refractivity contribution is -0.314. The lowest BCUT2D eigenvalue weighted by Crippen LogP contribution is -2.55. The molecule has 1 saturated heterocycles. The zero-order valence-corrected chi connectivity index (χ0v) is 13.3. The summed E-state index contributed by atoms with van der Waals surface area (Å²) in [6.45, 7) is 5.18. The molecule has 3 aliphatic rings. The highest BCUT2D eigenvalue weighted by Gasteiger charge is 2.64. The highest BCUT2D eigenvalue weighted by atomic mass is 19.1. The third-order valence-corrected chi connectivity index (χ3v) is 5.59. The molecule has 1 aromatic carbocycles. The van der Waals surface area contributed by atoms with E-state index in [1.54, 1.807) is 0 Å². The number of hydrogen-bond donors (Lipinski definition) is 0. The molecule has 1 saturated carbocycles. The molecule has 2 fully saturated rings. The van der Waals surface area contributed by atoms with Crippen LogP contribution in [-0.4, -0.2) is 18.0 Å². The molecule has 2 aliphatic carbocycles. The van der Waals surface area contributed by atoms with E-state index in [0.29, 0.717) is 6.61 Å². The second-order valence-electron chi connectivity index (χ2n) is 7.54. The van der Waals surface area contributed by atoms with Gasteiger partial charge in [0.2, 0.25) is 0 Å². The molecular weight excluding hydrogens is 279 g/mol. The van der Waals surface area contributed by atoms with Gasteiger partial charge in [-0.1, -0.05) is 32.1 Å². The van der Waals surface area contributed by atoms with Gasteiger partial charge in [0.1, 0.15) is 5.82 Å². The normalized spacial score (nSPS) is 32.0. The summed E-state index contributed by atoms with van der Waals surface area (Å²) in [5, 5.41) is 0. The Balaban J connectivity index is 1.72. The second kappa shape index (κ2) is 4.65. The lowest BCUT2D eigenvalue weighted by atomic mass is 9.80. The average molecular weight is 302 g/mol. The molecule has 3 heteroatoms. The van der Waals surface area contributed by atoms with Crippen molar-refractivity contribution in [3.63, 3.8) is 0 Å². The molecule has 1 unspecified atom stereocenters. The molecule has 2 nitrogen and oxygen atoms in total. The van der Waals surface area contributed by atoms with Crippen molar-refractivity contribution in [3.8, 4) is 0 Å². The maximum absolute atomic E-state index is 13.2. The summed E-state index contributed by atoms with van der Waals surface area (Å²) in [7, 11) is 0. The van der Waals surface area contributed by atoms with Crippen molar-refractivity contribution < 1.29 is 13.9 Å². The Morgan fingerprint density at radius 3 is 2.45 bits per heavy atom. The topological polar surface area (TPSA) is 18.5 Å². The van der Waals surface area contributed by atoms with Gasteiger partial charge >= 0.3 is 0 Å². The summed E-state index contributed by atoms with van der Waals surface area (Å²) in [5.41, 5.74) is 2.11. The third-order valence-electron chi connectivity index (χ3n) is 5.59. The molecule has 0 aromatic heterocycles. The van der Waals surface area contributed by atoms with Gasteiger partial charge in [-0.2, -0.15) is 0 Å². The number of benzene rings is 1. The SMILES string of the molecule is CC1(C)COC2(CCCC=C2c2ccc(F)cc2)OC12CC2. The Morgan fingerprint density at radius 1 is 1.05 bits per heavy atom. The van der Waals surface area contributed by atoms with Crippen LogP contribution in [0.15, 0.2) is 30.3 Å². The van der Waals surface area contributed by atoms with Gasteiger partial charge < -0.3 is 9.47 Å². The van der Waals surface area contributed by atoms with E-state index in [2.05, 4.69) is 19.9 Å². The highest BCUT2D eigenvalue weighted by Crippen LogP contribution is 2.61. The van der Waals surface area contributed by atoms with Crippen LogP contribution in [0.3, 0.4) is 0 Å². The average Bonchev–Trinajstić information content (AvgIpc) is 3.27.